The molecule has 0 aromatic heterocycles. The SMILES string of the molecule is CNN1C=CC=CC1. The first kappa shape index (κ1) is 5.38. The Kier molecular flexibility index (Phi) is 1.70. The Labute approximate surface area is 49.5 Å². The summed E-state index contributed by atoms with van der Waals surface area (Å²) in [4.78, 5) is 0. The van der Waals surface area contributed by atoms with Gasteiger partial charge in [-0.1, -0.05) is 12.2 Å². The van der Waals surface area contributed by atoms with E-state index in [1.807, 2.05) is 30.4 Å². The molecule has 0 fully saturated rings. The van der Waals surface area contributed by atoms with E-state index in [1.165, 1.54) is 0 Å². The van der Waals surface area contributed by atoms with Gasteiger partial charge in [-0.25, -0.2) is 5.43 Å². The first-order valence-corrected chi connectivity index (χ1v) is 2.71. The molecule has 1 aliphatic rings. The standard InChI is InChI=1S/C6H10N2/c1-7-8-5-3-2-4-6-8/h2-5,7H,6H2,1H3. The van der Waals surface area contributed by atoms with Crippen LogP contribution in [-0.4, -0.2) is 18.6 Å². The summed E-state index contributed by atoms with van der Waals surface area (Å²) >= 11 is 0. The number of nitrogens with one attached hydrogen (secondary N) is 1. The third-order valence-electron chi connectivity index (χ3n) is 1.10. The van der Waals surface area contributed by atoms with Crippen LogP contribution in [0, 0.1) is 0 Å². The molecule has 8 heavy (non-hydrogen) atoms. The lowest BCUT2D eigenvalue weighted by molar-refractivity contribution is 0.327. The van der Waals surface area contributed by atoms with Gasteiger partial charge in [0.25, 0.3) is 0 Å². The molecule has 0 aromatic rings. The average molecular weight is 110 g/mol. The summed E-state index contributed by atoms with van der Waals surface area (Å²) in [6.07, 6.45) is 8.13. The van der Waals surface area contributed by atoms with Crippen LogP contribution >= 0.6 is 0 Å². The number of hydrogen-bond donors (Lipinski definition) is 1. The van der Waals surface area contributed by atoms with Crippen LogP contribution < -0.4 is 5.43 Å². The number of hydrogen-bond acceptors (Lipinski definition) is 2. The molecule has 1 rings (SSSR count). The lowest BCUT2D eigenvalue weighted by Crippen LogP contribution is -2.30. The summed E-state index contributed by atoms with van der Waals surface area (Å²) in [7, 11) is 1.91. The van der Waals surface area contributed by atoms with Gasteiger partial charge in [-0.05, 0) is 6.08 Å². The van der Waals surface area contributed by atoms with Gasteiger partial charge in [-0.2, -0.15) is 0 Å². The maximum atomic E-state index is 3.00. The van der Waals surface area contributed by atoms with Gasteiger partial charge in [0.2, 0.25) is 0 Å². The summed E-state index contributed by atoms with van der Waals surface area (Å²) in [6, 6.07) is 0. The molecule has 1 heterocycles. The Morgan fingerprint density at radius 2 is 2.38 bits per heavy atom. The fraction of sp³-hybridized carbons (Fsp3) is 0.333. The zero-order chi connectivity index (χ0) is 5.82. The van der Waals surface area contributed by atoms with Crippen molar-refractivity contribution in [3.05, 3.63) is 24.4 Å². The second-order valence-corrected chi connectivity index (χ2v) is 1.65. The van der Waals surface area contributed by atoms with Crippen LogP contribution in [0.4, 0.5) is 0 Å². The van der Waals surface area contributed by atoms with Gasteiger partial charge in [-0.3, -0.25) is 0 Å². The van der Waals surface area contributed by atoms with E-state index in [0.717, 1.165) is 6.54 Å². The average Bonchev–Trinajstić information content (AvgIpc) is 1.90. The summed E-state index contributed by atoms with van der Waals surface area (Å²) in [6.45, 7) is 0.965. The van der Waals surface area contributed by atoms with E-state index in [9.17, 15) is 0 Å². The van der Waals surface area contributed by atoms with Crippen molar-refractivity contribution >= 4 is 0 Å². The van der Waals surface area contributed by atoms with E-state index in [1.54, 1.807) is 0 Å². The molecule has 0 atom stereocenters. The number of allylic oxidation sites excluding steroid dienone is 2. The maximum Gasteiger partial charge on any atom is 0.0521 e. The highest BCUT2D eigenvalue weighted by atomic mass is 15.5. The quantitative estimate of drug-likeness (QED) is 0.529. The zero-order valence-corrected chi connectivity index (χ0v) is 4.96. The molecular weight excluding hydrogens is 100 g/mol. The normalized spacial score (nSPS) is 17.4. The molecule has 2 nitrogen and oxygen atoms in total. The molecule has 0 bridgehead atoms. The number of hydrazine groups is 1. The highest BCUT2D eigenvalue weighted by molar-refractivity contribution is 5.07. The molecular formula is C6H10N2. The number of nitrogens with zero attached hydrogens (tertiary/aromatic N) is 1. The van der Waals surface area contributed by atoms with Crippen LogP contribution in [0.2, 0.25) is 0 Å². The van der Waals surface area contributed by atoms with E-state index >= 15 is 0 Å². The third-order valence-corrected chi connectivity index (χ3v) is 1.10. The predicted molar refractivity (Wildman–Crippen MR) is 34.0 cm³/mol. The Balaban J connectivity index is 2.40. The number of rotatable bonds is 1. The van der Waals surface area contributed by atoms with Gasteiger partial charge in [0.15, 0.2) is 0 Å². The summed E-state index contributed by atoms with van der Waals surface area (Å²) in [5, 5.41) is 2.00. The van der Waals surface area contributed by atoms with Gasteiger partial charge in [-0.15, -0.1) is 0 Å². The molecule has 0 radical (unpaired) electrons. The Morgan fingerprint density at radius 3 is 2.75 bits per heavy atom. The predicted octanol–water partition coefficient (Wildman–Crippen LogP) is 0.506. The van der Waals surface area contributed by atoms with Crippen molar-refractivity contribution in [1.29, 1.82) is 0 Å². The minimum Gasteiger partial charge on any atom is -0.312 e. The highest BCUT2D eigenvalue weighted by Gasteiger charge is 1.91. The molecule has 0 aliphatic carbocycles. The molecule has 0 aromatic carbocycles. The van der Waals surface area contributed by atoms with E-state index in [-0.39, 0.29) is 0 Å². The lowest BCUT2D eigenvalue weighted by atomic mass is 10.4. The highest BCUT2D eigenvalue weighted by Crippen LogP contribution is 1.91. The van der Waals surface area contributed by atoms with Crippen molar-refractivity contribution in [1.82, 2.24) is 10.4 Å². The zero-order valence-electron chi connectivity index (χ0n) is 4.96. The second-order valence-electron chi connectivity index (χ2n) is 1.65. The molecule has 1 aliphatic heterocycles. The Bertz CT molecular complexity index is 116. The van der Waals surface area contributed by atoms with Crippen LogP contribution in [-0.2, 0) is 0 Å². The van der Waals surface area contributed by atoms with Crippen LogP contribution in [0.3, 0.4) is 0 Å². The Morgan fingerprint density at radius 1 is 1.50 bits per heavy atom. The summed E-state index contributed by atoms with van der Waals surface area (Å²) in [5.74, 6) is 0. The van der Waals surface area contributed by atoms with E-state index in [2.05, 4.69) is 11.5 Å². The fourth-order valence-corrected chi connectivity index (χ4v) is 0.633. The molecule has 0 amide bonds. The minimum absolute atomic E-state index is 0.965. The molecule has 1 N–H and O–H groups in total. The van der Waals surface area contributed by atoms with Crippen molar-refractivity contribution in [3.63, 3.8) is 0 Å². The van der Waals surface area contributed by atoms with Crippen molar-refractivity contribution < 1.29 is 0 Å². The van der Waals surface area contributed by atoms with Crippen LogP contribution in [0.5, 0.6) is 0 Å². The minimum atomic E-state index is 0.965. The van der Waals surface area contributed by atoms with E-state index < -0.39 is 0 Å². The summed E-state index contributed by atoms with van der Waals surface area (Å²) in [5.41, 5.74) is 3.00. The third kappa shape index (κ3) is 1.10. The Hall–Kier alpha value is -0.760. The van der Waals surface area contributed by atoms with Crippen LogP contribution in [0.15, 0.2) is 24.4 Å². The molecule has 0 saturated heterocycles. The summed E-state index contributed by atoms with van der Waals surface area (Å²) < 4.78 is 0. The largest absolute Gasteiger partial charge is 0.312 e. The topological polar surface area (TPSA) is 15.3 Å². The van der Waals surface area contributed by atoms with Crippen LogP contribution in [0.25, 0.3) is 0 Å². The van der Waals surface area contributed by atoms with Gasteiger partial charge in [0.05, 0.1) is 6.54 Å². The monoisotopic (exact) mass is 110 g/mol. The van der Waals surface area contributed by atoms with Gasteiger partial charge in [0.1, 0.15) is 0 Å². The molecule has 0 spiro atoms. The molecule has 44 valence electrons. The second kappa shape index (κ2) is 2.52. The van der Waals surface area contributed by atoms with Crippen molar-refractivity contribution in [2.75, 3.05) is 13.6 Å². The smallest absolute Gasteiger partial charge is 0.0521 e. The van der Waals surface area contributed by atoms with Crippen LogP contribution in [0.1, 0.15) is 0 Å². The lowest BCUT2D eigenvalue weighted by Gasteiger charge is -2.17. The van der Waals surface area contributed by atoms with Gasteiger partial charge in [0, 0.05) is 13.2 Å². The first-order chi connectivity index (χ1) is 3.93. The van der Waals surface area contributed by atoms with Crippen molar-refractivity contribution in [2.45, 2.75) is 0 Å². The van der Waals surface area contributed by atoms with Crippen molar-refractivity contribution in [2.24, 2.45) is 0 Å². The molecule has 0 unspecified atom stereocenters. The van der Waals surface area contributed by atoms with Crippen molar-refractivity contribution in [3.8, 4) is 0 Å². The molecule has 0 saturated carbocycles. The fourth-order valence-electron chi connectivity index (χ4n) is 0.633. The van der Waals surface area contributed by atoms with Gasteiger partial charge < -0.3 is 5.01 Å². The molecule has 2 heteroatoms. The van der Waals surface area contributed by atoms with E-state index in [0.29, 0.717) is 0 Å². The van der Waals surface area contributed by atoms with E-state index in [4.69, 9.17) is 0 Å². The first-order valence-electron chi connectivity index (χ1n) is 2.71. The van der Waals surface area contributed by atoms with Gasteiger partial charge >= 0.3 is 0 Å². The maximum absolute atomic E-state index is 3.00.